The zero-order valence-electron chi connectivity index (χ0n) is 14.7. The van der Waals surface area contributed by atoms with Crippen molar-refractivity contribution in [2.45, 2.75) is 26.4 Å². The molecule has 0 amide bonds. The summed E-state index contributed by atoms with van der Waals surface area (Å²) in [6.45, 7) is 11.2. The highest BCUT2D eigenvalue weighted by molar-refractivity contribution is 5.95. The van der Waals surface area contributed by atoms with Gasteiger partial charge in [-0.2, -0.15) is 0 Å². The lowest BCUT2D eigenvalue weighted by molar-refractivity contribution is -0.153. The summed E-state index contributed by atoms with van der Waals surface area (Å²) in [7, 11) is 0. The molecule has 1 unspecified atom stereocenters. The number of carbonyl (C=O) groups is 2. The average Bonchev–Trinajstić information content (AvgIpc) is 2.62. The quantitative estimate of drug-likeness (QED) is 0.451. The van der Waals surface area contributed by atoms with E-state index in [-0.39, 0.29) is 31.1 Å². The first-order valence-electron chi connectivity index (χ1n) is 8.06. The number of ether oxygens (including phenoxy) is 4. The monoisotopic (exact) mass is 348 g/mol. The van der Waals surface area contributed by atoms with Crippen molar-refractivity contribution in [1.82, 2.24) is 0 Å². The SMILES string of the molecule is C=CCOc1cccc(C(=O)OC(CC)C(=O)OCC)c1OCC=C. The lowest BCUT2D eigenvalue weighted by Gasteiger charge is -2.17. The van der Waals surface area contributed by atoms with Gasteiger partial charge in [0, 0.05) is 0 Å². The number of carbonyl (C=O) groups excluding carboxylic acids is 2. The van der Waals surface area contributed by atoms with Crippen LogP contribution in [0.1, 0.15) is 30.6 Å². The summed E-state index contributed by atoms with van der Waals surface area (Å²) >= 11 is 0. The molecule has 6 heteroatoms. The molecule has 25 heavy (non-hydrogen) atoms. The average molecular weight is 348 g/mol. The molecule has 0 saturated heterocycles. The summed E-state index contributed by atoms with van der Waals surface area (Å²) in [4.78, 5) is 24.3. The van der Waals surface area contributed by atoms with Gasteiger partial charge in [-0.1, -0.05) is 38.3 Å². The predicted octanol–water partition coefficient (Wildman–Crippen LogP) is 3.31. The van der Waals surface area contributed by atoms with E-state index in [1.807, 2.05) is 0 Å². The molecule has 0 saturated carbocycles. The van der Waals surface area contributed by atoms with Gasteiger partial charge in [0.25, 0.3) is 0 Å². The number of hydrogen-bond donors (Lipinski definition) is 0. The number of hydrogen-bond acceptors (Lipinski definition) is 6. The molecule has 0 bridgehead atoms. The van der Waals surface area contributed by atoms with Crippen LogP contribution in [0.4, 0.5) is 0 Å². The Hall–Kier alpha value is -2.76. The minimum atomic E-state index is -0.975. The molecule has 0 fully saturated rings. The van der Waals surface area contributed by atoms with E-state index in [1.54, 1.807) is 44.2 Å². The van der Waals surface area contributed by atoms with Crippen molar-refractivity contribution in [3.63, 3.8) is 0 Å². The highest BCUT2D eigenvalue weighted by Gasteiger charge is 2.26. The normalized spacial score (nSPS) is 11.1. The van der Waals surface area contributed by atoms with Crippen LogP contribution >= 0.6 is 0 Å². The molecule has 0 aliphatic carbocycles. The van der Waals surface area contributed by atoms with Crippen LogP contribution in [0.5, 0.6) is 11.5 Å². The summed E-state index contributed by atoms with van der Waals surface area (Å²) in [6.07, 6.45) is 2.46. The molecular weight excluding hydrogens is 324 g/mol. The second-order valence-corrected chi connectivity index (χ2v) is 4.89. The number of esters is 2. The summed E-state index contributed by atoms with van der Waals surface area (Å²) in [5, 5.41) is 0. The Morgan fingerprint density at radius 3 is 2.40 bits per heavy atom. The number of para-hydroxylation sites is 1. The van der Waals surface area contributed by atoms with Crippen LogP contribution in [0.3, 0.4) is 0 Å². The molecule has 0 spiro atoms. The number of rotatable bonds is 11. The summed E-state index contributed by atoms with van der Waals surface area (Å²) in [5.41, 5.74) is 0.158. The Morgan fingerprint density at radius 1 is 1.12 bits per heavy atom. The van der Waals surface area contributed by atoms with Gasteiger partial charge in [0.2, 0.25) is 0 Å². The molecule has 0 heterocycles. The molecule has 0 aliphatic heterocycles. The van der Waals surface area contributed by atoms with Gasteiger partial charge >= 0.3 is 11.9 Å². The van der Waals surface area contributed by atoms with Crippen molar-refractivity contribution in [3.05, 3.63) is 49.1 Å². The van der Waals surface area contributed by atoms with Gasteiger partial charge in [-0.25, -0.2) is 9.59 Å². The van der Waals surface area contributed by atoms with Crippen LogP contribution in [0.15, 0.2) is 43.5 Å². The molecule has 0 N–H and O–H groups in total. The second-order valence-electron chi connectivity index (χ2n) is 4.89. The largest absolute Gasteiger partial charge is 0.486 e. The smallest absolute Gasteiger partial charge is 0.347 e. The van der Waals surface area contributed by atoms with E-state index in [0.717, 1.165) is 0 Å². The van der Waals surface area contributed by atoms with Crippen LogP contribution in [0.25, 0.3) is 0 Å². The first kappa shape index (κ1) is 20.3. The highest BCUT2D eigenvalue weighted by Crippen LogP contribution is 2.32. The van der Waals surface area contributed by atoms with Gasteiger partial charge in [-0.05, 0) is 25.5 Å². The lowest BCUT2D eigenvalue weighted by Crippen LogP contribution is -2.28. The highest BCUT2D eigenvalue weighted by atomic mass is 16.6. The zero-order valence-corrected chi connectivity index (χ0v) is 14.7. The van der Waals surface area contributed by atoms with Gasteiger partial charge in [0.15, 0.2) is 17.6 Å². The van der Waals surface area contributed by atoms with Crippen LogP contribution in [-0.4, -0.2) is 37.9 Å². The fourth-order valence-corrected chi connectivity index (χ4v) is 1.96. The van der Waals surface area contributed by atoms with Crippen molar-refractivity contribution < 1.29 is 28.5 Å². The van der Waals surface area contributed by atoms with Gasteiger partial charge < -0.3 is 18.9 Å². The van der Waals surface area contributed by atoms with E-state index in [0.29, 0.717) is 12.2 Å². The van der Waals surface area contributed by atoms with Crippen LogP contribution in [0, 0.1) is 0 Å². The van der Waals surface area contributed by atoms with E-state index in [4.69, 9.17) is 18.9 Å². The third-order valence-corrected chi connectivity index (χ3v) is 3.07. The van der Waals surface area contributed by atoms with Gasteiger partial charge in [0.05, 0.1) is 6.61 Å². The molecule has 1 aromatic rings. The van der Waals surface area contributed by atoms with Crippen molar-refractivity contribution in [2.24, 2.45) is 0 Å². The Morgan fingerprint density at radius 2 is 1.80 bits per heavy atom. The summed E-state index contributed by atoms with van der Waals surface area (Å²) in [6, 6.07) is 4.85. The van der Waals surface area contributed by atoms with Crippen molar-refractivity contribution in [2.75, 3.05) is 19.8 Å². The molecule has 0 aromatic heterocycles. The first-order chi connectivity index (χ1) is 12.1. The van der Waals surface area contributed by atoms with Gasteiger partial charge in [0.1, 0.15) is 18.8 Å². The van der Waals surface area contributed by atoms with Crippen LogP contribution in [0.2, 0.25) is 0 Å². The first-order valence-corrected chi connectivity index (χ1v) is 8.06. The van der Waals surface area contributed by atoms with Gasteiger partial charge in [-0.3, -0.25) is 0 Å². The minimum absolute atomic E-state index is 0.158. The molecule has 0 aliphatic rings. The van der Waals surface area contributed by atoms with Crippen LogP contribution < -0.4 is 9.47 Å². The maximum absolute atomic E-state index is 12.5. The maximum atomic E-state index is 12.5. The molecular formula is C19H24O6. The van der Waals surface area contributed by atoms with Crippen molar-refractivity contribution >= 4 is 11.9 Å². The van der Waals surface area contributed by atoms with E-state index >= 15 is 0 Å². The van der Waals surface area contributed by atoms with Crippen molar-refractivity contribution in [1.29, 1.82) is 0 Å². The molecule has 136 valence electrons. The van der Waals surface area contributed by atoms with E-state index in [2.05, 4.69) is 13.2 Å². The fraction of sp³-hybridized carbons (Fsp3) is 0.368. The fourth-order valence-electron chi connectivity index (χ4n) is 1.96. The van der Waals surface area contributed by atoms with Crippen molar-refractivity contribution in [3.8, 4) is 11.5 Å². The minimum Gasteiger partial charge on any atom is -0.486 e. The zero-order chi connectivity index (χ0) is 18.7. The lowest BCUT2D eigenvalue weighted by atomic mass is 10.1. The Bertz CT molecular complexity index is 608. The predicted molar refractivity (Wildman–Crippen MR) is 94.0 cm³/mol. The molecule has 0 radical (unpaired) electrons. The Kier molecular flexibility index (Phi) is 8.85. The molecule has 1 atom stereocenters. The number of benzene rings is 1. The third kappa shape index (κ3) is 5.99. The Labute approximate surface area is 148 Å². The van der Waals surface area contributed by atoms with Crippen LogP contribution in [-0.2, 0) is 14.3 Å². The molecule has 1 aromatic carbocycles. The third-order valence-electron chi connectivity index (χ3n) is 3.07. The second kappa shape index (κ2) is 10.9. The Balaban J connectivity index is 3.07. The maximum Gasteiger partial charge on any atom is 0.347 e. The summed E-state index contributed by atoms with van der Waals surface area (Å²) < 4.78 is 21.3. The van der Waals surface area contributed by atoms with E-state index < -0.39 is 18.0 Å². The van der Waals surface area contributed by atoms with E-state index in [1.165, 1.54) is 0 Å². The van der Waals surface area contributed by atoms with Gasteiger partial charge in [-0.15, -0.1) is 0 Å². The molecule has 6 nitrogen and oxygen atoms in total. The standard InChI is InChI=1S/C19H24O6/c1-5-12-23-16-11-9-10-14(17(16)24-13-6-2)18(20)25-15(7-3)19(21)22-8-4/h5-6,9-11,15H,1-2,7-8,12-13H2,3-4H3. The topological polar surface area (TPSA) is 71.1 Å². The summed E-state index contributed by atoms with van der Waals surface area (Å²) in [5.74, 6) is -0.665. The van der Waals surface area contributed by atoms with E-state index in [9.17, 15) is 9.59 Å². The molecule has 1 rings (SSSR count).